The Labute approximate surface area is 158 Å². The summed E-state index contributed by atoms with van der Waals surface area (Å²) in [4.78, 5) is 23.1. The third-order valence-corrected chi connectivity index (χ3v) is 4.72. The Kier molecular flexibility index (Phi) is 5.93. The molecule has 7 heteroatoms. The number of piperidine rings is 1. The van der Waals surface area contributed by atoms with Crippen LogP contribution in [0.4, 0.5) is 11.6 Å². The van der Waals surface area contributed by atoms with E-state index >= 15 is 0 Å². The van der Waals surface area contributed by atoms with Gasteiger partial charge in [0, 0.05) is 24.2 Å². The van der Waals surface area contributed by atoms with Crippen molar-refractivity contribution in [1.29, 1.82) is 0 Å². The predicted molar refractivity (Wildman–Crippen MR) is 103 cm³/mol. The van der Waals surface area contributed by atoms with Gasteiger partial charge in [0.15, 0.2) is 6.10 Å². The van der Waals surface area contributed by atoms with Crippen LogP contribution < -0.4 is 15.0 Å². The van der Waals surface area contributed by atoms with Gasteiger partial charge in [-0.15, -0.1) is 0 Å². The molecule has 3 rings (SSSR count). The van der Waals surface area contributed by atoms with Crippen molar-refractivity contribution in [2.24, 2.45) is 5.92 Å². The molecule has 2 aromatic rings. The maximum atomic E-state index is 12.4. The molecule has 6 nitrogen and oxygen atoms in total. The molecular formula is C19H23ClN4O2. The van der Waals surface area contributed by atoms with E-state index in [0.29, 0.717) is 16.6 Å². The van der Waals surface area contributed by atoms with Crippen LogP contribution >= 0.6 is 11.6 Å². The second-order valence-electron chi connectivity index (χ2n) is 6.64. The Morgan fingerprint density at radius 1 is 1.31 bits per heavy atom. The number of hydrogen-bond acceptors (Lipinski definition) is 5. The molecule has 1 fully saturated rings. The summed E-state index contributed by atoms with van der Waals surface area (Å²) in [6.45, 7) is 5.90. The summed E-state index contributed by atoms with van der Waals surface area (Å²) in [7, 11) is 0. The van der Waals surface area contributed by atoms with E-state index in [9.17, 15) is 4.79 Å². The SMILES string of the molecule is CC1CCN(c2cc(NC(=O)C(C)Oc3cccc(Cl)c3)ncn2)CC1. The topological polar surface area (TPSA) is 67.4 Å². The summed E-state index contributed by atoms with van der Waals surface area (Å²) in [6, 6.07) is 8.77. The Hall–Kier alpha value is -2.34. The summed E-state index contributed by atoms with van der Waals surface area (Å²) in [6.07, 6.45) is 3.10. The second kappa shape index (κ2) is 8.36. The van der Waals surface area contributed by atoms with E-state index in [0.717, 1.165) is 37.7 Å². The highest BCUT2D eigenvalue weighted by molar-refractivity contribution is 6.30. The first-order valence-corrected chi connectivity index (χ1v) is 9.19. The van der Waals surface area contributed by atoms with E-state index in [1.54, 1.807) is 37.3 Å². The van der Waals surface area contributed by atoms with Gasteiger partial charge >= 0.3 is 0 Å². The van der Waals surface area contributed by atoms with Gasteiger partial charge in [-0.2, -0.15) is 0 Å². The molecule has 0 spiro atoms. The molecule has 1 amide bonds. The number of amides is 1. The van der Waals surface area contributed by atoms with Crippen LogP contribution in [0.1, 0.15) is 26.7 Å². The highest BCUT2D eigenvalue weighted by Gasteiger charge is 2.19. The molecule has 138 valence electrons. The largest absolute Gasteiger partial charge is 0.481 e. The standard InChI is InChI=1S/C19H23ClN4O2/c1-13-6-8-24(9-7-13)18-11-17(21-12-22-18)23-19(25)14(2)26-16-5-3-4-15(20)10-16/h3-5,10-14H,6-9H2,1-2H3,(H,21,22,23,25). The van der Waals surface area contributed by atoms with Gasteiger partial charge in [0.1, 0.15) is 23.7 Å². The minimum Gasteiger partial charge on any atom is -0.481 e. The van der Waals surface area contributed by atoms with E-state index in [-0.39, 0.29) is 5.91 Å². The number of hydrogen-bond donors (Lipinski definition) is 1. The Morgan fingerprint density at radius 2 is 2.08 bits per heavy atom. The molecule has 1 aromatic carbocycles. The highest BCUT2D eigenvalue weighted by Crippen LogP contribution is 2.23. The summed E-state index contributed by atoms with van der Waals surface area (Å²) >= 11 is 5.94. The Bertz CT molecular complexity index is 763. The third-order valence-electron chi connectivity index (χ3n) is 4.49. The quantitative estimate of drug-likeness (QED) is 0.862. The lowest BCUT2D eigenvalue weighted by molar-refractivity contribution is -0.122. The van der Waals surface area contributed by atoms with Crippen molar-refractivity contribution in [3.63, 3.8) is 0 Å². The fourth-order valence-corrected chi connectivity index (χ4v) is 3.03. The Morgan fingerprint density at radius 3 is 2.81 bits per heavy atom. The van der Waals surface area contributed by atoms with Crippen molar-refractivity contribution in [2.75, 3.05) is 23.3 Å². The smallest absolute Gasteiger partial charge is 0.266 e. The maximum Gasteiger partial charge on any atom is 0.266 e. The fraction of sp³-hybridized carbons (Fsp3) is 0.421. The molecule has 1 N–H and O–H groups in total. The molecule has 0 aliphatic carbocycles. The van der Waals surface area contributed by atoms with Gasteiger partial charge in [-0.1, -0.05) is 24.6 Å². The Balaban J connectivity index is 1.61. The van der Waals surface area contributed by atoms with Crippen LogP contribution in [-0.4, -0.2) is 35.1 Å². The number of nitrogens with zero attached hydrogens (tertiary/aromatic N) is 3. The summed E-state index contributed by atoms with van der Waals surface area (Å²) in [5.41, 5.74) is 0. The first-order valence-electron chi connectivity index (χ1n) is 8.81. The van der Waals surface area contributed by atoms with Crippen LogP contribution in [-0.2, 0) is 4.79 Å². The van der Waals surface area contributed by atoms with Gasteiger partial charge in [0.2, 0.25) is 0 Å². The van der Waals surface area contributed by atoms with Crippen LogP contribution in [0.2, 0.25) is 5.02 Å². The van der Waals surface area contributed by atoms with Crippen molar-refractivity contribution in [3.8, 4) is 5.75 Å². The minimum atomic E-state index is -0.678. The molecule has 1 unspecified atom stereocenters. The van der Waals surface area contributed by atoms with Crippen LogP contribution in [0, 0.1) is 5.92 Å². The van der Waals surface area contributed by atoms with Gasteiger partial charge in [-0.25, -0.2) is 9.97 Å². The van der Waals surface area contributed by atoms with E-state index in [1.165, 1.54) is 6.33 Å². The molecule has 0 saturated carbocycles. The number of benzene rings is 1. The predicted octanol–water partition coefficient (Wildman–Crippen LogP) is 3.77. The summed E-state index contributed by atoms with van der Waals surface area (Å²) < 4.78 is 5.64. The number of anilines is 2. The zero-order chi connectivity index (χ0) is 18.5. The molecule has 1 aliphatic rings. The third kappa shape index (κ3) is 4.85. The second-order valence-corrected chi connectivity index (χ2v) is 7.07. The number of nitrogens with one attached hydrogen (secondary N) is 1. The van der Waals surface area contributed by atoms with Crippen molar-refractivity contribution in [1.82, 2.24) is 9.97 Å². The van der Waals surface area contributed by atoms with Crippen LogP contribution in [0.3, 0.4) is 0 Å². The molecule has 1 saturated heterocycles. The lowest BCUT2D eigenvalue weighted by atomic mass is 9.99. The summed E-state index contributed by atoms with van der Waals surface area (Å²) in [5.74, 6) is 2.33. The van der Waals surface area contributed by atoms with Gasteiger partial charge in [-0.3, -0.25) is 4.79 Å². The van der Waals surface area contributed by atoms with Crippen LogP contribution in [0.15, 0.2) is 36.7 Å². The van der Waals surface area contributed by atoms with Crippen molar-refractivity contribution in [3.05, 3.63) is 41.7 Å². The molecule has 0 bridgehead atoms. The molecule has 0 radical (unpaired) electrons. The fourth-order valence-electron chi connectivity index (χ4n) is 2.85. The van der Waals surface area contributed by atoms with E-state index in [4.69, 9.17) is 16.3 Å². The molecule has 1 aromatic heterocycles. The first kappa shape index (κ1) is 18.5. The lowest BCUT2D eigenvalue weighted by Gasteiger charge is -2.31. The molecular weight excluding hydrogens is 352 g/mol. The molecule has 26 heavy (non-hydrogen) atoms. The zero-order valence-electron chi connectivity index (χ0n) is 15.0. The molecule has 1 atom stereocenters. The zero-order valence-corrected chi connectivity index (χ0v) is 15.7. The van der Waals surface area contributed by atoms with Gasteiger partial charge in [-0.05, 0) is 43.9 Å². The number of aromatic nitrogens is 2. The van der Waals surface area contributed by atoms with Gasteiger partial charge in [0.05, 0.1) is 0 Å². The molecule has 2 heterocycles. The van der Waals surface area contributed by atoms with Crippen molar-refractivity contribution in [2.45, 2.75) is 32.8 Å². The highest BCUT2D eigenvalue weighted by atomic mass is 35.5. The number of rotatable bonds is 5. The monoisotopic (exact) mass is 374 g/mol. The van der Waals surface area contributed by atoms with E-state index < -0.39 is 6.10 Å². The van der Waals surface area contributed by atoms with Crippen LogP contribution in [0.25, 0.3) is 0 Å². The summed E-state index contributed by atoms with van der Waals surface area (Å²) in [5, 5.41) is 3.35. The number of carbonyl (C=O) groups is 1. The van der Waals surface area contributed by atoms with Crippen molar-refractivity contribution >= 4 is 29.1 Å². The maximum absolute atomic E-state index is 12.4. The van der Waals surface area contributed by atoms with Gasteiger partial charge < -0.3 is 15.0 Å². The molecule has 1 aliphatic heterocycles. The van der Waals surface area contributed by atoms with E-state index in [2.05, 4.69) is 27.1 Å². The van der Waals surface area contributed by atoms with Crippen molar-refractivity contribution < 1.29 is 9.53 Å². The minimum absolute atomic E-state index is 0.276. The average molecular weight is 375 g/mol. The lowest BCUT2D eigenvalue weighted by Crippen LogP contribution is -2.34. The normalized spacial score (nSPS) is 16.2. The first-order chi connectivity index (χ1) is 12.5. The average Bonchev–Trinajstić information content (AvgIpc) is 2.62. The number of ether oxygens (including phenoxy) is 1. The van der Waals surface area contributed by atoms with Crippen LogP contribution in [0.5, 0.6) is 5.75 Å². The number of halogens is 1. The van der Waals surface area contributed by atoms with E-state index in [1.807, 2.05) is 0 Å². The number of carbonyl (C=O) groups excluding carboxylic acids is 1. The van der Waals surface area contributed by atoms with Gasteiger partial charge in [0.25, 0.3) is 5.91 Å².